The van der Waals surface area contributed by atoms with Crippen molar-refractivity contribution in [2.45, 2.75) is 96.2 Å². The number of carbonyl (C=O) groups is 1. The zero-order valence-electron chi connectivity index (χ0n) is 18.6. The summed E-state index contributed by atoms with van der Waals surface area (Å²) >= 11 is 0. The first-order valence-electron chi connectivity index (χ1n) is 12.2. The highest BCUT2D eigenvalue weighted by Crippen LogP contribution is 2.65. The predicted molar refractivity (Wildman–Crippen MR) is 117 cm³/mol. The van der Waals surface area contributed by atoms with E-state index in [1.807, 2.05) is 0 Å². The van der Waals surface area contributed by atoms with Crippen LogP contribution in [0.3, 0.4) is 0 Å². The average Bonchev–Trinajstić information content (AvgIpc) is 3.33. The van der Waals surface area contributed by atoms with Gasteiger partial charge in [0, 0.05) is 18.8 Å². The maximum atomic E-state index is 11.9. The molecular weight excluding hydrogens is 372 g/mol. The smallest absolute Gasteiger partial charge is 0.304 e. The van der Waals surface area contributed by atoms with Crippen LogP contribution in [-0.4, -0.2) is 17.7 Å². The SMILES string of the molecule is C#C[C@]1(OC(C)=O)CCC2C3CC=C4C=C(OC5CCCC5)CCC4C3CC[C@@]21C. The molecule has 0 aromatic heterocycles. The van der Waals surface area contributed by atoms with Crippen molar-refractivity contribution in [3.05, 3.63) is 23.5 Å². The monoisotopic (exact) mass is 408 g/mol. The summed E-state index contributed by atoms with van der Waals surface area (Å²) < 4.78 is 12.2. The minimum Gasteiger partial charge on any atom is -0.495 e. The van der Waals surface area contributed by atoms with Gasteiger partial charge in [-0.3, -0.25) is 4.79 Å². The van der Waals surface area contributed by atoms with Gasteiger partial charge in [-0.1, -0.05) is 18.9 Å². The largest absolute Gasteiger partial charge is 0.495 e. The van der Waals surface area contributed by atoms with Crippen LogP contribution in [0, 0.1) is 41.4 Å². The van der Waals surface area contributed by atoms with E-state index in [9.17, 15) is 4.79 Å². The number of fused-ring (bicyclic) bond motifs is 5. The molecule has 30 heavy (non-hydrogen) atoms. The molecule has 0 amide bonds. The Hall–Kier alpha value is -1.69. The summed E-state index contributed by atoms with van der Waals surface area (Å²) in [6.07, 6.45) is 24.0. The summed E-state index contributed by atoms with van der Waals surface area (Å²) in [5.74, 6) is 6.55. The van der Waals surface area contributed by atoms with E-state index in [1.165, 1.54) is 56.8 Å². The number of esters is 1. The van der Waals surface area contributed by atoms with Gasteiger partial charge in [0.1, 0.15) is 0 Å². The van der Waals surface area contributed by atoms with Gasteiger partial charge in [-0.25, -0.2) is 0 Å². The quantitative estimate of drug-likeness (QED) is 0.428. The fourth-order valence-electron chi connectivity index (χ4n) is 7.92. The topological polar surface area (TPSA) is 35.5 Å². The van der Waals surface area contributed by atoms with Gasteiger partial charge in [0.15, 0.2) is 5.60 Å². The third kappa shape index (κ3) is 3.05. The van der Waals surface area contributed by atoms with Gasteiger partial charge in [-0.05, 0) is 99.5 Å². The highest BCUT2D eigenvalue weighted by Gasteiger charge is 2.64. The minimum absolute atomic E-state index is 0.0961. The van der Waals surface area contributed by atoms with Crippen molar-refractivity contribution in [2.75, 3.05) is 0 Å². The Morgan fingerprint density at radius 2 is 1.93 bits per heavy atom. The maximum absolute atomic E-state index is 11.9. The summed E-state index contributed by atoms with van der Waals surface area (Å²) in [7, 11) is 0. The fourth-order valence-corrected chi connectivity index (χ4v) is 7.92. The molecule has 5 aliphatic carbocycles. The molecule has 0 N–H and O–H groups in total. The van der Waals surface area contributed by atoms with Crippen LogP contribution in [0.1, 0.15) is 84.5 Å². The van der Waals surface area contributed by atoms with Gasteiger partial charge in [0.05, 0.1) is 11.9 Å². The van der Waals surface area contributed by atoms with E-state index in [0.717, 1.165) is 38.0 Å². The lowest BCUT2D eigenvalue weighted by Gasteiger charge is -2.54. The van der Waals surface area contributed by atoms with Gasteiger partial charge in [-0.2, -0.15) is 0 Å². The van der Waals surface area contributed by atoms with Crippen molar-refractivity contribution in [3.63, 3.8) is 0 Å². The lowest BCUT2D eigenvalue weighted by Crippen LogP contribution is -2.53. The van der Waals surface area contributed by atoms with E-state index >= 15 is 0 Å². The van der Waals surface area contributed by atoms with Crippen molar-refractivity contribution >= 4 is 5.97 Å². The van der Waals surface area contributed by atoms with Crippen LogP contribution >= 0.6 is 0 Å². The molecule has 0 heterocycles. The van der Waals surface area contributed by atoms with E-state index in [4.69, 9.17) is 15.9 Å². The second-order valence-electron chi connectivity index (χ2n) is 10.7. The average molecular weight is 409 g/mol. The van der Waals surface area contributed by atoms with Crippen molar-refractivity contribution < 1.29 is 14.3 Å². The van der Waals surface area contributed by atoms with E-state index < -0.39 is 5.60 Å². The number of ether oxygens (including phenoxy) is 2. The second kappa shape index (κ2) is 7.47. The molecule has 0 radical (unpaired) electrons. The summed E-state index contributed by atoms with van der Waals surface area (Å²) in [6, 6.07) is 0. The van der Waals surface area contributed by atoms with Crippen LogP contribution < -0.4 is 0 Å². The van der Waals surface area contributed by atoms with Crippen LogP contribution in [0.4, 0.5) is 0 Å². The minimum atomic E-state index is -0.715. The van der Waals surface area contributed by atoms with Gasteiger partial charge >= 0.3 is 5.97 Å². The molecule has 0 aromatic rings. The van der Waals surface area contributed by atoms with E-state index in [1.54, 1.807) is 0 Å². The van der Waals surface area contributed by atoms with Crippen LogP contribution in [0.25, 0.3) is 0 Å². The molecule has 3 saturated carbocycles. The molecule has 4 unspecified atom stereocenters. The zero-order valence-corrected chi connectivity index (χ0v) is 18.6. The molecule has 6 atom stereocenters. The summed E-state index contributed by atoms with van der Waals surface area (Å²) in [6.45, 7) is 3.80. The van der Waals surface area contributed by atoms with Gasteiger partial charge in [0.2, 0.25) is 0 Å². The molecule has 0 saturated heterocycles. The first kappa shape index (κ1) is 20.2. The van der Waals surface area contributed by atoms with E-state index in [-0.39, 0.29) is 11.4 Å². The van der Waals surface area contributed by atoms with Gasteiger partial charge in [0.25, 0.3) is 0 Å². The lowest BCUT2D eigenvalue weighted by atomic mass is 9.51. The first-order chi connectivity index (χ1) is 14.5. The standard InChI is InChI=1S/C27H36O3/c1-4-27(30-18(2)28)16-14-25-24-11-9-19-17-21(29-20-7-5-6-8-20)10-12-22(19)23(24)13-15-26(25,27)3/h1,9,17,20,22-25H,5-8,10-16H2,2-3H3/t22?,23?,24?,25?,26-,27-/m0/s1. The number of hydrogen-bond acceptors (Lipinski definition) is 3. The molecule has 162 valence electrons. The molecule has 5 aliphatic rings. The van der Waals surface area contributed by atoms with Crippen LogP contribution in [0.2, 0.25) is 0 Å². The van der Waals surface area contributed by atoms with Gasteiger partial charge < -0.3 is 9.47 Å². The highest BCUT2D eigenvalue weighted by molar-refractivity contribution is 5.67. The Bertz CT molecular complexity index is 810. The third-order valence-electron chi connectivity index (χ3n) is 9.38. The van der Waals surface area contributed by atoms with Crippen molar-refractivity contribution in [3.8, 4) is 12.3 Å². The predicted octanol–water partition coefficient (Wildman–Crippen LogP) is 5.95. The van der Waals surface area contributed by atoms with Gasteiger partial charge in [-0.15, -0.1) is 6.42 Å². The zero-order chi connectivity index (χ0) is 20.9. The van der Waals surface area contributed by atoms with E-state index in [0.29, 0.717) is 23.9 Å². The Labute approximate surface area is 181 Å². The molecule has 0 bridgehead atoms. The van der Waals surface area contributed by atoms with Crippen molar-refractivity contribution in [2.24, 2.45) is 29.1 Å². The third-order valence-corrected chi connectivity index (χ3v) is 9.38. The fraction of sp³-hybridized carbons (Fsp3) is 0.741. The second-order valence-corrected chi connectivity index (χ2v) is 10.7. The normalized spacial score (nSPS) is 42.8. The molecule has 0 spiro atoms. The Morgan fingerprint density at radius 3 is 2.67 bits per heavy atom. The Morgan fingerprint density at radius 1 is 1.13 bits per heavy atom. The highest BCUT2D eigenvalue weighted by atomic mass is 16.6. The molecule has 5 rings (SSSR count). The Kier molecular flexibility index (Phi) is 5.04. The number of terminal acetylenes is 1. The maximum Gasteiger partial charge on any atom is 0.304 e. The van der Waals surface area contributed by atoms with Crippen molar-refractivity contribution in [1.29, 1.82) is 0 Å². The molecule has 0 aromatic carbocycles. The van der Waals surface area contributed by atoms with E-state index in [2.05, 4.69) is 25.0 Å². The summed E-state index contributed by atoms with van der Waals surface area (Å²) in [4.78, 5) is 11.9. The van der Waals surface area contributed by atoms with Crippen LogP contribution in [-0.2, 0) is 14.3 Å². The number of rotatable bonds is 3. The number of carbonyl (C=O) groups excluding carboxylic acids is 1. The van der Waals surface area contributed by atoms with Crippen molar-refractivity contribution in [1.82, 2.24) is 0 Å². The first-order valence-corrected chi connectivity index (χ1v) is 12.2. The summed E-state index contributed by atoms with van der Waals surface area (Å²) in [5, 5.41) is 0. The molecule has 3 heteroatoms. The Balaban J connectivity index is 1.36. The molecule has 0 aliphatic heterocycles. The van der Waals surface area contributed by atoms with Crippen LogP contribution in [0.15, 0.2) is 23.5 Å². The number of hydrogen-bond donors (Lipinski definition) is 0. The summed E-state index contributed by atoms with van der Waals surface area (Å²) in [5.41, 5.74) is 0.717. The molecular formula is C27H36O3. The number of allylic oxidation sites excluding steroid dienone is 4. The van der Waals surface area contributed by atoms with Crippen LogP contribution in [0.5, 0.6) is 0 Å². The molecule has 3 nitrogen and oxygen atoms in total. The molecule has 3 fully saturated rings. The lowest BCUT2D eigenvalue weighted by molar-refractivity contribution is -0.167.